The predicted molar refractivity (Wildman–Crippen MR) is 60.5 cm³/mol. The SMILES string of the molecule is Oc1ccc(Br)c(CC2CCCN2)c1F. The highest BCUT2D eigenvalue weighted by atomic mass is 79.9. The number of aromatic hydroxyl groups is 1. The summed E-state index contributed by atoms with van der Waals surface area (Å²) in [6, 6.07) is 3.38. The Balaban J connectivity index is 2.22. The van der Waals surface area contributed by atoms with Crippen LogP contribution >= 0.6 is 15.9 Å². The van der Waals surface area contributed by atoms with E-state index in [1.807, 2.05) is 0 Å². The van der Waals surface area contributed by atoms with Crippen LogP contribution in [0.3, 0.4) is 0 Å². The summed E-state index contributed by atoms with van der Waals surface area (Å²) in [6.45, 7) is 1.00. The van der Waals surface area contributed by atoms with E-state index in [9.17, 15) is 9.50 Å². The van der Waals surface area contributed by atoms with Gasteiger partial charge in [0.1, 0.15) is 0 Å². The van der Waals surface area contributed by atoms with Crippen LogP contribution in [0.15, 0.2) is 16.6 Å². The minimum atomic E-state index is -0.502. The van der Waals surface area contributed by atoms with E-state index >= 15 is 0 Å². The third-order valence-corrected chi connectivity index (χ3v) is 3.52. The first-order valence-corrected chi connectivity index (χ1v) is 5.87. The molecular formula is C11H13BrFNO. The lowest BCUT2D eigenvalue weighted by atomic mass is 10.0. The number of halogens is 2. The van der Waals surface area contributed by atoms with Crippen LogP contribution in [0, 0.1) is 5.82 Å². The van der Waals surface area contributed by atoms with Gasteiger partial charge in [0.2, 0.25) is 0 Å². The quantitative estimate of drug-likeness (QED) is 0.868. The normalized spacial score (nSPS) is 20.8. The molecule has 0 radical (unpaired) electrons. The molecule has 2 nitrogen and oxygen atoms in total. The van der Waals surface area contributed by atoms with E-state index in [1.54, 1.807) is 6.07 Å². The predicted octanol–water partition coefficient (Wildman–Crippen LogP) is 2.59. The molecule has 0 bridgehead atoms. The van der Waals surface area contributed by atoms with Crippen molar-refractivity contribution in [3.8, 4) is 5.75 Å². The van der Waals surface area contributed by atoms with Crippen molar-refractivity contribution in [2.45, 2.75) is 25.3 Å². The Bertz CT molecular complexity index is 364. The van der Waals surface area contributed by atoms with E-state index < -0.39 is 5.82 Å². The summed E-state index contributed by atoms with van der Waals surface area (Å²) in [6.07, 6.45) is 2.84. The van der Waals surface area contributed by atoms with Crippen molar-refractivity contribution in [1.29, 1.82) is 0 Å². The van der Waals surface area contributed by atoms with Crippen LogP contribution in [0.25, 0.3) is 0 Å². The van der Waals surface area contributed by atoms with E-state index in [0.29, 0.717) is 18.0 Å². The smallest absolute Gasteiger partial charge is 0.169 e. The second-order valence-electron chi connectivity index (χ2n) is 3.86. The summed E-state index contributed by atoms with van der Waals surface area (Å²) < 4.78 is 14.3. The van der Waals surface area contributed by atoms with E-state index in [0.717, 1.165) is 23.9 Å². The largest absolute Gasteiger partial charge is 0.505 e. The maximum Gasteiger partial charge on any atom is 0.169 e. The number of phenolic OH excluding ortho intramolecular Hbond substituents is 1. The van der Waals surface area contributed by atoms with Gasteiger partial charge < -0.3 is 10.4 Å². The number of hydrogen-bond acceptors (Lipinski definition) is 2. The topological polar surface area (TPSA) is 32.3 Å². The summed E-state index contributed by atoms with van der Waals surface area (Å²) >= 11 is 3.31. The fourth-order valence-corrected chi connectivity index (χ4v) is 2.42. The lowest BCUT2D eigenvalue weighted by molar-refractivity contribution is 0.425. The van der Waals surface area contributed by atoms with Crippen molar-refractivity contribution >= 4 is 15.9 Å². The lowest BCUT2D eigenvalue weighted by Gasteiger charge is -2.12. The molecule has 1 heterocycles. The zero-order valence-corrected chi connectivity index (χ0v) is 9.85. The molecule has 0 spiro atoms. The van der Waals surface area contributed by atoms with Gasteiger partial charge in [-0.05, 0) is 37.9 Å². The first kappa shape index (κ1) is 10.9. The zero-order valence-electron chi connectivity index (χ0n) is 8.26. The van der Waals surface area contributed by atoms with Gasteiger partial charge in [0.05, 0.1) is 0 Å². The fraction of sp³-hybridized carbons (Fsp3) is 0.455. The van der Waals surface area contributed by atoms with Crippen molar-refractivity contribution in [2.75, 3.05) is 6.54 Å². The highest BCUT2D eigenvalue weighted by molar-refractivity contribution is 9.10. The van der Waals surface area contributed by atoms with Crippen LogP contribution < -0.4 is 5.32 Å². The standard InChI is InChI=1S/C11H13BrFNO/c12-9-3-4-10(15)11(13)8(9)6-7-2-1-5-14-7/h3-4,7,14-15H,1-2,5-6H2. The van der Waals surface area contributed by atoms with E-state index in [-0.39, 0.29) is 5.75 Å². The molecule has 0 saturated carbocycles. The zero-order chi connectivity index (χ0) is 10.8. The van der Waals surface area contributed by atoms with Gasteiger partial charge in [-0.2, -0.15) is 0 Å². The van der Waals surface area contributed by atoms with Crippen molar-refractivity contribution in [2.24, 2.45) is 0 Å². The average Bonchev–Trinajstić information content (AvgIpc) is 2.71. The maximum atomic E-state index is 13.6. The molecule has 0 aliphatic carbocycles. The minimum Gasteiger partial charge on any atom is -0.505 e. The number of nitrogens with one attached hydrogen (secondary N) is 1. The van der Waals surface area contributed by atoms with Crippen LogP contribution in [0.5, 0.6) is 5.75 Å². The van der Waals surface area contributed by atoms with Crippen molar-refractivity contribution < 1.29 is 9.50 Å². The molecule has 0 aromatic heterocycles. The van der Waals surface area contributed by atoms with Crippen LogP contribution in [-0.4, -0.2) is 17.7 Å². The van der Waals surface area contributed by atoms with Crippen molar-refractivity contribution in [3.05, 3.63) is 28.0 Å². The minimum absolute atomic E-state index is 0.272. The molecule has 1 aromatic carbocycles. The van der Waals surface area contributed by atoms with Gasteiger partial charge in [-0.3, -0.25) is 0 Å². The van der Waals surface area contributed by atoms with Crippen LogP contribution in [0.2, 0.25) is 0 Å². The highest BCUT2D eigenvalue weighted by Gasteiger charge is 2.19. The number of benzene rings is 1. The molecule has 4 heteroatoms. The monoisotopic (exact) mass is 273 g/mol. The second-order valence-corrected chi connectivity index (χ2v) is 4.71. The molecule has 1 atom stereocenters. The molecule has 0 amide bonds. The number of hydrogen-bond donors (Lipinski definition) is 2. The molecule has 1 fully saturated rings. The molecular weight excluding hydrogens is 261 g/mol. The molecule has 82 valence electrons. The third kappa shape index (κ3) is 2.32. The van der Waals surface area contributed by atoms with Gasteiger partial charge in [-0.25, -0.2) is 4.39 Å². The van der Waals surface area contributed by atoms with E-state index in [1.165, 1.54) is 6.07 Å². The third-order valence-electron chi connectivity index (χ3n) is 2.78. The molecule has 15 heavy (non-hydrogen) atoms. The Kier molecular flexibility index (Phi) is 3.26. The summed E-state index contributed by atoms with van der Waals surface area (Å²) in [4.78, 5) is 0. The Labute approximate surface area is 96.6 Å². The Hall–Kier alpha value is -0.610. The molecule has 1 saturated heterocycles. The molecule has 1 aliphatic heterocycles. The molecule has 1 unspecified atom stereocenters. The van der Waals surface area contributed by atoms with Crippen LogP contribution in [0.1, 0.15) is 18.4 Å². The van der Waals surface area contributed by atoms with Gasteiger partial charge >= 0.3 is 0 Å². The second kappa shape index (κ2) is 4.49. The van der Waals surface area contributed by atoms with Crippen molar-refractivity contribution in [3.63, 3.8) is 0 Å². The number of phenols is 1. The first-order chi connectivity index (χ1) is 7.18. The van der Waals surface area contributed by atoms with Gasteiger partial charge in [-0.1, -0.05) is 15.9 Å². The molecule has 2 rings (SSSR count). The van der Waals surface area contributed by atoms with Gasteiger partial charge in [0.15, 0.2) is 11.6 Å². The Morgan fingerprint density at radius 3 is 3.00 bits per heavy atom. The van der Waals surface area contributed by atoms with E-state index in [4.69, 9.17) is 0 Å². The Morgan fingerprint density at radius 2 is 2.33 bits per heavy atom. The molecule has 1 aliphatic rings. The van der Waals surface area contributed by atoms with Gasteiger partial charge in [0.25, 0.3) is 0 Å². The van der Waals surface area contributed by atoms with E-state index in [2.05, 4.69) is 21.2 Å². The van der Waals surface area contributed by atoms with Gasteiger partial charge in [0, 0.05) is 16.1 Å². The van der Waals surface area contributed by atoms with Crippen LogP contribution in [-0.2, 0) is 6.42 Å². The van der Waals surface area contributed by atoms with Crippen LogP contribution in [0.4, 0.5) is 4.39 Å². The number of rotatable bonds is 2. The summed E-state index contributed by atoms with van der Waals surface area (Å²) in [5.74, 6) is -0.774. The first-order valence-electron chi connectivity index (χ1n) is 5.07. The summed E-state index contributed by atoms with van der Waals surface area (Å²) in [5.41, 5.74) is 0.564. The summed E-state index contributed by atoms with van der Waals surface area (Å²) in [7, 11) is 0. The lowest BCUT2D eigenvalue weighted by Crippen LogP contribution is -2.24. The van der Waals surface area contributed by atoms with Crippen molar-refractivity contribution in [1.82, 2.24) is 5.32 Å². The fourth-order valence-electron chi connectivity index (χ4n) is 1.95. The maximum absolute atomic E-state index is 13.6. The van der Waals surface area contributed by atoms with Gasteiger partial charge in [-0.15, -0.1) is 0 Å². The molecule has 1 aromatic rings. The molecule has 2 N–H and O–H groups in total. The summed E-state index contributed by atoms with van der Waals surface area (Å²) in [5, 5.41) is 12.6. The Morgan fingerprint density at radius 1 is 1.53 bits per heavy atom. The highest BCUT2D eigenvalue weighted by Crippen LogP contribution is 2.28. The average molecular weight is 274 g/mol.